The highest BCUT2D eigenvalue weighted by Gasteiger charge is 2.30. The maximum atomic E-state index is 12.4. The summed E-state index contributed by atoms with van der Waals surface area (Å²) in [4.78, 5) is 24.9. The van der Waals surface area contributed by atoms with Crippen LogP contribution in [0.5, 0.6) is 0 Å². The van der Waals surface area contributed by atoms with Crippen LogP contribution in [0.3, 0.4) is 0 Å². The van der Waals surface area contributed by atoms with Crippen molar-refractivity contribution in [1.29, 1.82) is 0 Å². The summed E-state index contributed by atoms with van der Waals surface area (Å²) < 4.78 is 2.28. The van der Waals surface area contributed by atoms with E-state index in [4.69, 9.17) is 0 Å². The fourth-order valence-electron chi connectivity index (χ4n) is 3.17. The molecule has 6 heteroatoms. The summed E-state index contributed by atoms with van der Waals surface area (Å²) in [5.74, 6) is 0.0821. The molecular formula is C20H20I2N2O2. The van der Waals surface area contributed by atoms with Gasteiger partial charge in [-0.25, -0.2) is 0 Å². The van der Waals surface area contributed by atoms with Crippen molar-refractivity contribution >= 4 is 68.4 Å². The van der Waals surface area contributed by atoms with Gasteiger partial charge in [0.2, 0.25) is 11.8 Å². The average Bonchev–Trinajstić information content (AvgIpc) is 2.65. The molecule has 2 aromatic carbocycles. The molecule has 0 heterocycles. The number of hydrogen-bond acceptors (Lipinski definition) is 2. The average molecular weight is 574 g/mol. The molecule has 0 atom stereocenters. The lowest BCUT2D eigenvalue weighted by molar-refractivity contribution is -0.125. The Labute approximate surface area is 180 Å². The first-order chi connectivity index (χ1) is 12.5. The molecule has 1 fully saturated rings. The first-order valence-corrected chi connectivity index (χ1v) is 10.8. The maximum Gasteiger partial charge on any atom is 0.227 e. The molecule has 0 radical (unpaired) electrons. The van der Waals surface area contributed by atoms with Gasteiger partial charge in [-0.2, -0.15) is 0 Å². The molecule has 0 unspecified atom stereocenters. The van der Waals surface area contributed by atoms with Crippen molar-refractivity contribution in [1.82, 2.24) is 0 Å². The largest absolute Gasteiger partial charge is 0.326 e. The SMILES string of the molecule is O=C(Nc1ccc(I)cc1)C1CCC(C(=O)Nc2ccc(I)cc2)CC1. The van der Waals surface area contributed by atoms with Crippen LogP contribution >= 0.6 is 45.2 Å². The lowest BCUT2D eigenvalue weighted by Gasteiger charge is -2.27. The number of nitrogens with one attached hydrogen (secondary N) is 2. The Balaban J connectivity index is 1.48. The highest BCUT2D eigenvalue weighted by Crippen LogP contribution is 2.30. The first kappa shape index (κ1) is 19.6. The highest BCUT2D eigenvalue weighted by atomic mass is 127. The molecule has 0 spiro atoms. The van der Waals surface area contributed by atoms with E-state index in [-0.39, 0.29) is 23.7 Å². The van der Waals surface area contributed by atoms with E-state index < -0.39 is 0 Å². The van der Waals surface area contributed by atoms with Crippen molar-refractivity contribution in [2.75, 3.05) is 10.6 Å². The van der Waals surface area contributed by atoms with Gasteiger partial charge in [0.25, 0.3) is 0 Å². The van der Waals surface area contributed by atoms with E-state index in [2.05, 4.69) is 55.8 Å². The van der Waals surface area contributed by atoms with Crippen molar-refractivity contribution in [3.8, 4) is 0 Å². The van der Waals surface area contributed by atoms with Crippen LogP contribution in [0.15, 0.2) is 48.5 Å². The summed E-state index contributed by atoms with van der Waals surface area (Å²) in [5.41, 5.74) is 1.66. The minimum Gasteiger partial charge on any atom is -0.326 e. The molecule has 0 bridgehead atoms. The Morgan fingerprint density at radius 1 is 0.654 bits per heavy atom. The van der Waals surface area contributed by atoms with E-state index in [9.17, 15) is 9.59 Å². The molecule has 4 nitrogen and oxygen atoms in total. The molecule has 2 aromatic rings. The summed E-state index contributed by atoms with van der Waals surface area (Å²) in [6.07, 6.45) is 3.00. The molecule has 136 valence electrons. The van der Waals surface area contributed by atoms with Gasteiger partial charge in [0, 0.05) is 30.4 Å². The van der Waals surface area contributed by atoms with Crippen LogP contribution in [0.4, 0.5) is 11.4 Å². The fourth-order valence-corrected chi connectivity index (χ4v) is 3.89. The number of halogens is 2. The monoisotopic (exact) mass is 574 g/mol. The summed E-state index contributed by atoms with van der Waals surface area (Å²) in [6.45, 7) is 0. The summed E-state index contributed by atoms with van der Waals surface area (Å²) in [6, 6.07) is 15.6. The Morgan fingerprint density at radius 2 is 0.962 bits per heavy atom. The van der Waals surface area contributed by atoms with Gasteiger partial charge in [-0.05, 0) is 119 Å². The number of carbonyl (C=O) groups excluding carboxylic acids is 2. The van der Waals surface area contributed by atoms with Crippen molar-refractivity contribution in [3.63, 3.8) is 0 Å². The zero-order chi connectivity index (χ0) is 18.5. The molecule has 3 rings (SSSR count). The van der Waals surface area contributed by atoms with E-state index in [1.807, 2.05) is 48.5 Å². The van der Waals surface area contributed by atoms with E-state index in [1.54, 1.807) is 0 Å². The summed E-state index contributed by atoms with van der Waals surface area (Å²) in [7, 11) is 0. The second-order valence-corrected chi connectivity index (χ2v) is 9.03. The molecule has 0 saturated heterocycles. The molecule has 0 aromatic heterocycles. The van der Waals surface area contributed by atoms with Crippen molar-refractivity contribution in [3.05, 3.63) is 55.7 Å². The quantitative estimate of drug-likeness (QED) is 0.489. The van der Waals surface area contributed by atoms with Crippen LogP contribution in [0, 0.1) is 19.0 Å². The third kappa shape index (κ3) is 5.42. The van der Waals surface area contributed by atoms with Gasteiger partial charge in [0.1, 0.15) is 0 Å². The van der Waals surface area contributed by atoms with Gasteiger partial charge < -0.3 is 10.6 Å². The lowest BCUT2D eigenvalue weighted by atomic mass is 9.81. The lowest BCUT2D eigenvalue weighted by Crippen LogP contribution is -2.32. The van der Waals surface area contributed by atoms with Crippen molar-refractivity contribution in [2.24, 2.45) is 11.8 Å². The molecule has 1 saturated carbocycles. The van der Waals surface area contributed by atoms with Crippen molar-refractivity contribution in [2.45, 2.75) is 25.7 Å². The minimum absolute atomic E-state index is 0.0170. The second kappa shape index (κ2) is 9.16. The predicted molar refractivity (Wildman–Crippen MR) is 121 cm³/mol. The Morgan fingerprint density at radius 3 is 1.27 bits per heavy atom. The summed E-state index contributed by atoms with van der Waals surface area (Å²) in [5, 5.41) is 5.97. The zero-order valence-corrected chi connectivity index (χ0v) is 18.5. The van der Waals surface area contributed by atoms with E-state index in [0.29, 0.717) is 0 Å². The molecule has 0 aliphatic heterocycles. The smallest absolute Gasteiger partial charge is 0.227 e. The third-order valence-electron chi connectivity index (χ3n) is 4.69. The fraction of sp³-hybridized carbons (Fsp3) is 0.300. The van der Waals surface area contributed by atoms with Gasteiger partial charge >= 0.3 is 0 Å². The Bertz CT molecular complexity index is 700. The topological polar surface area (TPSA) is 58.2 Å². The molecular weight excluding hydrogens is 554 g/mol. The van der Waals surface area contributed by atoms with Crippen LogP contribution in [-0.4, -0.2) is 11.8 Å². The standard InChI is InChI=1S/C20H20I2N2O2/c21-15-5-9-17(10-6-15)23-19(25)13-1-2-14(4-3-13)20(26)24-18-11-7-16(22)8-12-18/h5-14H,1-4H2,(H,23,25)(H,24,26). The van der Waals surface area contributed by atoms with E-state index >= 15 is 0 Å². The number of benzene rings is 2. The van der Waals surface area contributed by atoms with Crippen LogP contribution < -0.4 is 10.6 Å². The maximum absolute atomic E-state index is 12.4. The molecule has 1 aliphatic rings. The first-order valence-electron chi connectivity index (χ1n) is 8.64. The van der Waals surface area contributed by atoms with Gasteiger partial charge in [0.05, 0.1) is 0 Å². The molecule has 1 aliphatic carbocycles. The predicted octanol–water partition coefficient (Wildman–Crippen LogP) is 5.28. The van der Waals surface area contributed by atoms with Gasteiger partial charge in [0.15, 0.2) is 0 Å². The van der Waals surface area contributed by atoms with Crippen LogP contribution in [-0.2, 0) is 9.59 Å². The highest BCUT2D eigenvalue weighted by molar-refractivity contribution is 14.1. The van der Waals surface area contributed by atoms with Crippen molar-refractivity contribution < 1.29 is 9.59 Å². The number of amides is 2. The minimum atomic E-state index is -0.0170. The molecule has 2 N–H and O–H groups in total. The summed E-state index contributed by atoms with van der Waals surface area (Å²) >= 11 is 4.48. The van der Waals surface area contributed by atoms with Gasteiger partial charge in [-0.3, -0.25) is 9.59 Å². The number of rotatable bonds is 4. The Kier molecular flexibility index (Phi) is 6.91. The second-order valence-electron chi connectivity index (χ2n) is 6.54. The van der Waals surface area contributed by atoms with Crippen LogP contribution in [0.25, 0.3) is 0 Å². The van der Waals surface area contributed by atoms with Gasteiger partial charge in [-0.1, -0.05) is 0 Å². The van der Waals surface area contributed by atoms with E-state index in [0.717, 1.165) is 44.2 Å². The normalized spacial score (nSPS) is 19.6. The number of anilines is 2. The van der Waals surface area contributed by atoms with E-state index in [1.165, 1.54) is 0 Å². The van der Waals surface area contributed by atoms with Crippen LogP contribution in [0.1, 0.15) is 25.7 Å². The van der Waals surface area contributed by atoms with Gasteiger partial charge in [-0.15, -0.1) is 0 Å². The number of hydrogen-bond donors (Lipinski definition) is 2. The molecule has 26 heavy (non-hydrogen) atoms. The van der Waals surface area contributed by atoms with Crippen LogP contribution in [0.2, 0.25) is 0 Å². The zero-order valence-electron chi connectivity index (χ0n) is 14.2. The number of carbonyl (C=O) groups is 2. The molecule has 2 amide bonds. The third-order valence-corrected chi connectivity index (χ3v) is 6.13. The Hall–Kier alpha value is -1.16.